The lowest BCUT2D eigenvalue weighted by Gasteiger charge is -2.18. The van der Waals surface area contributed by atoms with Gasteiger partial charge >= 0.3 is 13.6 Å². The van der Waals surface area contributed by atoms with Crippen molar-refractivity contribution in [1.82, 2.24) is 0 Å². The van der Waals surface area contributed by atoms with E-state index in [0.29, 0.717) is 5.56 Å². The molecule has 0 aliphatic heterocycles. The van der Waals surface area contributed by atoms with Gasteiger partial charge in [-0.1, -0.05) is 28.1 Å². The molecule has 5 nitrogen and oxygen atoms in total. The summed E-state index contributed by atoms with van der Waals surface area (Å²) in [5, 5.41) is -0.119. The van der Waals surface area contributed by atoms with E-state index in [2.05, 4.69) is 15.9 Å². The first-order valence-corrected chi connectivity index (χ1v) is 8.75. The Kier molecular flexibility index (Phi) is 7.32. The van der Waals surface area contributed by atoms with Gasteiger partial charge in [-0.3, -0.25) is 4.57 Å². The van der Waals surface area contributed by atoms with Crippen LogP contribution in [0.25, 0.3) is 6.08 Å². The van der Waals surface area contributed by atoms with Crippen LogP contribution in [0.1, 0.15) is 19.4 Å². The first kappa shape index (κ1) is 18.1. The zero-order chi connectivity index (χ0) is 15.9. The zero-order valence-corrected chi connectivity index (χ0v) is 14.6. The molecule has 0 aliphatic carbocycles. The van der Waals surface area contributed by atoms with Crippen LogP contribution in [-0.4, -0.2) is 26.3 Å². The van der Waals surface area contributed by atoms with Crippen LogP contribution < -0.4 is 0 Å². The molecule has 0 heterocycles. The van der Waals surface area contributed by atoms with Crippen molar-refractivity contribution < 1.29 is 23.1 Å². The summed E-state index contributed by atoms with van der Waals surface area (Å²) in [6.07, 6.45) is 1.46. The number of rotatable bonds is 7. The molecule has 0 atom stereocenters. The number of carbonyl (C=O) groups excluding carboxylic acids is 1. The van der Waals surface area contributed by atoms with E-state index < -0.39 is 13.6 Å². The smallest absolute Gasteiger partial charge is 0.368 e. The number of hydrogen-bond donors (Lipinski definition) is 0. The fourth-order valence-electron chi connectivity index (χ4n) is 1.62. The Labute approximate surface area is 132 Å². The molecule has 0 amide bonds. The first-order valence-electron chi connectivity index (χ1n) is 6.42. The molecule has 0 bridgehead atoms. The van der Waals surface area contributed by atoms with E-state index >= 15 is 0 Å². The van der Waals surface area contributed by atoms with Gasteiger partial charge in [0.1, 0.15) is 5.31 Å². The Bertz CT molecular complexity index is 560. The summed E-state index contributed by atoms with van der Waals surface area (Å²) < 4.78 is 28.7. The summed E-state index contributed by atoms with van der Waals surface area (Å²) in [6, 6.07) is 7.21. The topological polar surface area (TPSA) is 61.8 Å². The van der Waals surface area contributed by atoms with Crippen molar-refractivity contribution in [3.8, 4) is 0 Å². The fraction of sp³-hybridized carbons (Fsp3) is 0.357. The highest BCUT2D eigenvalue weighted by Gasteiger charge is 2.35. The van der Waals surface area contributed by atoms with Gasteiger partial charge in [0.25, 0.3) is 0 Å². The van der Waals surface area contributed by atoms with Crippen molar-refractivity contribution in [2.45, 2.75) is 13.8 Å². The van der Waals surface area contributed by atoms with Crippen LogP contribution in [0.15, 0.2) is 34.1 Å². The Morgan fingerprint density at radius 1 is 1.29 bits per heavy atom. The maximum atomic E-state index is 12.8. The van der Waals surface area contributed by atoms with Gasteiger partial charge in [0.15, 0.2) is 0 Å². The standard InChI is InChI=1S/C14H18BrO5P/c1-4-19-21(17,20-5-2)13(14(16)18-3)10-11-7-6-8-12(15)9-11/h6-10H,4-5H2,1-3H3/b13-10+. The summed E-state index contributed by atoms with van der Waals surface area (Å²) >= 11 is 3.34. The highest BCUT2D eigenvalue weighted by molar-refractivity contribution is 9.10. The summed E-state index contributed by atoms with van der Waals surface area (Å²) in [7, 11) is -2.49. The van der Waals surface area contributed by atoms with Crippen molar-refractivity contribution in [2.75, 3.05) is 20.3 Å². The summed E-state index contributed by atoms with van der Waals surface area (Å²) in [5.74, 6) is -0.736. The third-order valence-electron chi connectivity index (χ3n) is 2.44. The van der Waals surface area contributed by atoms with E-state index in [1.807, 2.05) is 6.07 Å². The first-order chi connectivity index (χ1) is 9.96. The Morgan fingerprint density at radius 2 is 1.90 bits per heavy atom. The Morgan fingerprint density at radius 3 is 2.38 bits per heavy atom. The molecule has 116 valence electrons. The highest BCUT2D eigenvalue weighted by Crippen LogP contribution is 2.56. The average Bonchev–Trinajstić information content (AvgIpc) is 2.44. The molecule has 0 fully saturated rings. The number of esters is 1. The maximum absolute atomic E-state index is 12.8. The minimum Gasteiger partial charge on any atom is -0.465 e. The number of halogens is 1. The van der Waals surface area contributed by atoms with Gasteiger partial charge in [0, 0.05) is 4.47 Å². The second-order valence-corrected chi connectivity index (χ2v) is 6.82. The zero-order valence-electron chi connectivity index (χ0n) is 12.2. The molecule has 1 rings (SSSR count). The van der Waals surface area contributed by atoms with E-state index in [0.717, 1.165) is 4.47 Å². The van der Waals surface area contributed by atoms with Gasteiger partial charge in [-0.05, 0) is 37.6 Å². The monoisotopic (exact) mass is 376 g/mol. The number of benzene rings is 1. The maximum Gasteiger partial charge on any atom is 0.368 e. The van der Waals surface area contributed by atoms with E-state index in [1.165, 1.54) is 13.2 Å². The van der Waals surface area contributed by atoms with Crippen molar-refractivity contribution >= 4 is 35.6 Å². The van der Waals surface area contributed by atoms with Gasteiger partial charge in [-0.15, -0.1) is 0 Å². The summed E-state index contributed by atoms with van der Waals surface area (Å²) in [5.41, 5.74) is 0.685. The van der Waals surface area contributed by atoms with Gasteiger partial charge < -0.3 is 13.8 Å². The van der Waals surface area contributed by atoms with Crippen molar-refractivity contribution in [2.24, 2.45) is 0 Å². The van der Waals surface area contributed by atoms with E-state index in [-0.39, 0.29) is 18.5 Å². The predicted molar refractivity (Wildman–Crippen MR) is 85.0 cm³/mol. The quantitative estimate of drug-likeness (QED) is 0.404. The third kappa shape index (κ3) is 5.08. The lowest BCUT2D eigenvalue weighted by Crippen LogP contribution is -2.09. The molecule has 0 saturated carbocycles. The lowest BCUT2D eigenvalue weighted by molar-refractivity contribution is -0.135. The van der Waals surface area contributed by atoms with Gasteiger partial charge in [0.2, 0.25) is 0 Å². The molecular weight excluding hydrogens is 359 g/mol. The molecule has 0 N–H and O–H groups in total. The number of ether oxygens (including phenoxy) is 1. The predicted octanol–water partition coefficient (Wildman–Crippen LogP) is 4.23. The SMILES string of the molecule is CCOP(=O)(OCC)/C(=C/c1cccc(Br)c1)C(=O)OC. The summed E-state index contributed by atoms with van der Waals surface area (Å²) in [4.78, 5) is 12.0. The molecule has 0 aliphatic rings. The average molecular weight is 377 g/mol. The van der Waals surface area contributed by atoms with Crippen molar-refractivity contribution in [1.29, 1.82) is 0 Å². The lowest BCUT2D eigenvalue weighted by atomic mass is 10.2. The number of carbonyl (C=O) groups is 1. The highest BCUT2D eigenvalue weighted by atomic mass is 79.9. The third-order valence-corrected chi connectivity index (χ3v) is 5.03. The van der Waals surface area contributed by atoms with Crippen molar-refractivity contribution in [3.05, 3.63) is 39.6 Å². The van der Waals surface area contributed by atoms with Crippen LogP contribution in [0, 0.1) is 0 Å². The molecule has 0 saturated heterocycles. The minimum absolute atomic E-state index is 0.119. The molecule has 1 aromatic rings. The molecule has 1 aromatic carbocycles. The van der Waals surface area contributed by atoms with Gasteiger partial charge in [-0.25, -0.2) is 4.79 Å². The van der Waals surface area contributed by atoms with E-state index in [9.17, 15) is 9.36 Å². The van der Waals surface area contributed by atoms with Gasteiger partial charge in [-0.2, -0.15) is 0 Å². The van der Waals surface area contributed by atoms with Crippen LogP contribution in [-0.2, 0) is 23.1 Å². The van der Waals surface area contributed by atoms with Gasteiger partial charge in [0.05, 0.1) is 20.3 Å². The van der Waals surface area contributed by atoms with E-state index in [4.69, 9.17) is 13.8 Å². The largest absolute Gasteiger partial charge is 0.465 e. The molecule has 0 unspecified atom stereocenters. The molecular formula is C14H18BrO5P. The Balaban J connectivity index is 3.33. The van der Waals surface area contributed by atoms with E-state index in [1.54, 1.807) is 32.0 Å². The second kappa shape index (κ2) is 8.49. The van der Waals surface area contributed by atoms with Crippen LogP contribution in [0.2, 0.25) is 0 Å². The Hall–Kier alpha value is -0.940. The van der Waals surface area contributed by atoms with Crippen LogP contribution in [0.4, 0.5) is 0 Å². The molecule has 0 aromatic heterocycles. The van der Waals surface area contributed by atoms with Crippen LogP contribution >= 0.6 is 23.5 Å². The molecule has 0 radical (unpaired) electrons. The molecule has 7 heteroatoms. The minimum atomic E-state index is -3.71. The number of hydrogen-bond acceptors (Lipinski definition) is 5. The second-order valence-electron chi connectivity index (χ2n) is 3.91. The number of methoxy groups -OCH3 is 1. The summed E-state index contributed by atoms with van der Waals surface area (Å²) in [6.45, 7) is 3.67. The van der Waals surface area contributed by atoms with Crippen LogP contribution in [0.5, 0.6) is 0 Å². The fourth-order valence-corrected chi connectivity index (χ4v) is 3.70. The molecule has 0 spiro atoms. The normalized spacial score (nSPS) is 12.3. The molecule has 21 heavy (non-hydrogen) atoms. The van der Waals surface area contributed by atoms with Crippen molar-refractivity contribution in [3.63, 3.8) is 0 Å². The van der Waals surface area contributed by atoms with Crippen LogP contribution in [0.3, 0.4) is 0 Å².